The van der Waals surface area contributed by atoms with Gasteiger partial charge in [-0.15, -0.1) is 11.3 Å². The van der Waals surface area contributed by atoms with Crippen LogP contribution in [0.4, 0.5) is 14.6 Å². The number of piperazine rings is 1. The molecule has 2 saturated heterocycles. The van der Waals surface area contributed by atoms with Crippen LogP contribution in [0.5, 0.6) is 6.01 Å². The van der Waals surface area contributed by atoms with E-state index in [9.17, 15) is 13.6 Å². The summed E-state index contributed by atoms with van der Waals surface area (Å²) < 4.78 is 35.1. The third-order valence-electron chi connectivity index (χ3n) is 8.17. The third kappa shape index (κ3) is 5.28. The number of anilines is 1. The van der Waals surface area contributed by atoms with Gasteiger partial charge in [-0.1, -0.05) is 30.8 Å². The number of carbonyl (C=O) groups is 1. The van der Waals surface area contributed by atoms with Crippen LogP contribution >= 0.6 is 11.3 Å². The normalized spacial score (nSPS) is 19.4. The lowest BCUT2D eigenvalue weighted by molar-refractivity contribution is -0.131. The second kappa shape index (κ2) is 11.6. The van der Waals surface area contributed by atoms with Gasteiger partial charge in [0.1, 0.15) is 24.3 Å². The molecule has 2 aliphatic heterocycles. The molecule has 4 aromatic rings. The fraction of sp³-hybridized carbons (Fsp3) is 0.355. The maximum atomic E-state index is 14.4. The van der Waals surface area contributed by atoms with Gasteiger partial charge in [0, 0.05) is 46.5 Å². The predicted molar refractivity (Wildman–Crippen MR) is 161 cm³/mol. The highest BCUT2D eigenvalue weighted by molar-refractivity contribution is 7.17. The van der Waals surface area contributed by atoms with Crippen molar-refractivity contribution in [2.24, 2.45) is 0 Å². The van der Waals surface area contributed by atoms with E-state index in [1.54, 1.807) is 6.07 Å². The van der Waals surface area contributed by atoms with Gasteiger partial charge in [-0.25, -0.2) is 15.4 Å². The first-order valence-corrected chi connectivity index (χ1v) is 14.8. The molecule has 2 aliphatic rings. The Hall–Kier alpha value is -4.14. The highest BCUT2D eigenvalue weighted by atomic mass is 32.1. The summed E-state index contributed by atoms with van der Waals surface area (Å²) in [6, 6.07) is 11.5. The zero-order valence-corrected chi connectivity index (χ0v) is 24.0. The highest BCUT2D eigenvalue weighted by Gasteiger charge is 2.35. The molecule has 11 heteroatoms. The molecule has 42 heavy (non-hydrogen) atoms. The highest BCUT2D eigenvalue weighted by Crippen LogP contribution is 2.37. The summed E-state index contributed by atoms with van der Waals surface area (Å²) in [6.07, 6.45) is 2.15. The first kappa shape index (κ1) is 28.0. The number of nitrogens with zero attached hydrogens (tertiary/aromatic N) is 6. The summed E-state index contributed by atoms with van der Waals surface area (Å²) in [5.41, 5.74) is 2.47. The lowest BCUT2D eigenvalue weighted by atomic mass is 10.0. The van der Waals surface area contributed by atoms with Crippen LogP contribution in [-0.2, 0) is 4.79 Å². The monoisotopic (exact) mass is 588 g/mol. The van der Waals surface area contributed by atoms with Crippen molar-refractivity contribution in [2.45, 2.75) is 24.9 Å². The molecule has 0 saturated carbocycles. The van der Waals surface area contributed by atoms with Gasteiger partial charge >= 0.3 is 6.01 Å². The molecule has 0 unspecified atom stereocenters. The summed E-state index contributed by atoms with van der Waals surface area (Å²) in [7, 11) is 2.08. The van der Waals surface area contributed by atoms with E-state index in [4.69, 9.17) is 21.3 Å². The van der Waals surface area contributed by atoms with Gasteiger partial charge < -0.3 is 24.3 Å². The van der Waals surface area contributed by atoms with Crippen molar-refractivity contribution in [3.05, 3.63) is 71.4 Å². The van der Waals surface area contributed by atoms with E-state index < -0.39 is 17.8 Å². The van der Waals surface area contributed by atoms with Gasteiger partial charge in [0.05, 0.1) is 5.52 Å². The van der Waals surface area contributed by atoms with Crippen LogP contribution in [-0.4, -0.2) is 84.1 Å². The van der Waals surface area contributed by atoms with Gasteiger partial charge in [0.25, 0.3) is 5.91 Å². The average Bonchev–Trinajstić information content (AvgIpc) is 3.59. The Morgan fingerprint density at radius 2 is 2.05 bits per heavy atom. The van der Waals surface area contributed by atoms with Crippen molar-refractivity contribution in [1.29, 1.82) is 0 Å². The van der Waals surface area contributed by atoms with Crippen molar-refractivity contribution in [1.82, 2.24) is 19.8 Å². The molecule has 1 amide bonds. The number of thiophene rings is 1. The molecule has 2 fully saturated rings. The molecule has 0 N–H and O–H groups in total. The number of halogens is 2. The molecule has 0 radical (unpaired) electrons. The van der Waals surface area contributed by atoms with E-state index in [1.807, 2.05) is 35.2 Å². The van der Waals surface area contributed by atoms with Gasteiger partial charge in [0.15, 0.2) is 5.83 Å². The van der Waals surface area contributed by atoms with Crippen LogP contribution in [0.15, 0.2) is 54.2 Å². The van der Waals surface area contributed by atoms with Gasteiger partial charge in [0.2, 0.25) is 6.54 Å². The number of likely N-dealkylation sites (tertiary alicyclic amines) is 1. The topological polar surface area (TPSA) is 66.2 Å². The summed E-state index contributed by atoms with van der Waals surface area (Å²) in [5, 5.41) is 2.88. The van der Waals surface area contributed by atoms with Crippen LogP contribution in [0.3, 0.4) is 0 Å². The largest absolute Gasteiger partial charge is 0.462 e. The quantitative estimate of drug-likeness (QED) is 0.209. The SMILES string of the molecule is [C-]#[N+]C[C@H]1CN(c2nc(OC[C@@H]3CCCN3C)nc3cc(-c4cccc5c(F)csc45)ccc23)CCN1C(=O)C(=C)F. The van der Waals surface area contributed by atoms with Gasteiger partial charge in [-0.3, -0.25) is 4.79 Å². The number of benzene rings is 2. The predicted octanol–water partition coefficient (Wildman–Crippen LogP) is 5.54. The minimum absolute atomic E-state index is 0.0292. The van der Waals surface area contributed by atoms with E-state index in [-0.39, 0.29) is 31.0 Å². The first-order valence-electron chi connectivity index (χ1n) is 13.9. The zero-order valence-electron chi connectivity index (χ0n) is 23.2. The number of amides is 1. The fourth-order valence-corrected chi connectivity index (χ4v) is 6.87. The molecular weight excluding hydrogens is 558 g/mol. The molecule has 2 aromatic carbocycles. The Bertz CT molecular complexity index is 1720. The van der Waals surface area contributed by atoms with E-state index in [2.05, 4.69) is 23.4 Å². The summed E-state index contributed by atoms with van der Waals surface area (Å²) in [4.78, 5) is 31.2. The Morgan fingerprint density at radius 3 is 2.81 bits per heavy atom. The minimum atomic E-state index is -1.04. The Morgan fingerprint density at radius 1 is 1.19 bits per heavy atom. The standard InChI is InChI=1S/C31H30F2N6O2S/c1-19(32)30(40)39-13-12-38(16-22(39)15-34-2)29-25-10-9-20(23-7-4-8-24-26(33)18-42-28(23)24)14-27(25)35-31(36-29)41-17-21-6-5-11-37(21)3/h4,7-10,14,18,21-22H,1,5-6,11-13,15-17H2,3H3/t21-,22-/m0/s1. The second-order valence-electron chi connectivity index (χ2n) is 10.8. The number of fused-ring (bicyclic) bond motifs is 2. The van der Waals surface area contributed by atoms with Crippen molar-refractivity contribution in [3.8, 4) is 17.1 Å². The number of hydrogen-bond acceptors (Lipinski definition) is 7. The Balaban J connectivity index is 1.40. The molecule has 8 nitrogen and oxygen atoms in total. The Kier molecular flexibility index (Phi) is 7.75. The van der Waals surface area contributed by atoms with Crippen LogP contribution in [0, 0.1) is 12.4 Å². The number of likely N-dealkylation sites (N-methyl/N-ethyl adjacent to an activating group) is 1. The lowest BCUT2D eigenvalue weighted by Crippen LogP contribution is -2.56. The van der Waals surface area contributed by atoms with Crippen molar-refractivity contribution in [2.75, 3.05) is 51.3 Å². The first-order chi connectivity index (χ1) is 20.3. The number of aromatic nitrogens is 2. The maximum Gasteiger partial charge on any atom is 0.319 e. The van der Waals surface area contributed by atoms with E-state index in [1.165, 1.54) is 21.6 Å². The smallest absolute Gasteiger partial charge is 0.319 e. The molecule has 216 valence electrons. The molecule has 2 atom stereocenters. The van der Waals surface area contributed by atoms with E-state index in [0.717, 1.165) is 40.6 Å². The number of hydrogen-bond donors (Lipinski definition) is 0. The number of carbonyl (C=O) groups excluding carboxylic acids is 1. The van der Waals surface area contributed by atoms with E-state index in [0.29, 0.717) is 36.4 Å². The van der Waals surface area contributed by atoms with Crippen LogP contribution in [0.2, 0.25) is 0 Å². The molecule has 0 aliphatic carbocycles. The summed E-state index contributed by atoms with van der Waals surface area (Å²) >= 11 is 1.37. The van der Waals surface area contributed by atoms with Crippen molar-refractivity contribution in [3.63, 3.8) is 0 Å². The number of rotatable bonds is 7. The summed E-state index contributed by atoms with van der Waals surface area (Å²) in [6.45, 7) is 13.0. The maximum absolute atomic E-state index is 14.4. The van der Waals surface area contributed by atoms with Crippen LogP contribution in [0.25, 0.3) is 37.0 Å². The van der Waals surface area contributed by atoms with Crippen molar-refractivity contribution >= 4 is 44.1 Å². The third-order valence-corrected chi connectivity index (χ3v) is 9.17. The Labute approximate surface area is 246 Å². The fourth-order valence-electron chi connectivity index (χ4n) is 5.91. The van der Waals surface area contributed by atoms with Gasteiger partial charge in [-0.2, -0.15) is 9.97 Å². The molecule has 0 bridgehead atoms. The summed E-state index contributed by atoms with van der Waals surface area (Å²) in [5.74, 6) is -1.43. The van der Waals surface area contributed by atoms with Crippen LogP contribution < -0.4 is 9.64 Å². The molecule has 2 aromatic heterocycles. The van der Waals surface area contributed by atoms with Crippen LogP contribution in [0.1, 0.15) is 12.8 Å². The molecule has 0 spiro atoms. The second-order valence-corrected chi connectivity index (χ2v) is 11.6. The molecule has 6 rings (SSSR count). The van der Waals surface area contributed by atoms with E-state index >= 15 is 0 Å². The zero-order chi connectivity index (χ0) is 29.4. The number of ether oxygens (including phenoxy) is 1. The van der Waals surface area contributed by atoms with Gasteiger partial charge in [-0.05, 0) is 49.7 Å². The van der Waals surface area contributed by atoms with Crippen molar-refractivity contribution < 1.29 is 18.3 Å². The molecule has 4 heterocycles. The lowest BCUT2D eigenvalue weighted by Gasteiger charge is -2.39. The average molecular weight is 589 g/mol. The minimum Gasteiger partial charge on any atom is -0.462 e. The molecular formula is C31H30F2N6O2S.